The molecule has 0 N–H and O–H groups in total. The first-order chi connectivity index (χ1) is 11.4. The molecule has 2 aromatic heterocycles. The molecule has 1 atom stereocenters. The van der Waals surface area contributed by atoms with Crippen LogP contribution in [0.2, 0.25) is 0 Å². The minimum Gasteiger partial charge on any atom is -0.350 e. The number of nitrogens with zero attached hydrogens (tertiary/aromatic N) is 6. The van der Waals surface area contributed by atoms with Crippen molar-refractivity contribution in [1.29, 1.82) is 0 Å². The monoisotopic (exact) mass is 338 g/mol. The molecule has 1 aliphatic rings. The van der Waals surface area contributed by atoms with Crippen molar-refractivity contribution in [3.05, 3.63) is 36.3 Å². The molecule has 0 bridgehead atoms. The number of hydrogen-bond donors (Lipinski definition) is 0. The molecule has 3 heterocycles. The van der Waals surface area contributed by atoms with Gasteiger partial charge >= 0.3 is 6.18 Å². The Bertz CT molecular complexity index is 678. The number of hydrogen-bond acceptors (Lipinski definition) is 6. The predicted molar refractivity (Wildman–Crippen MR) is 82.7 cm³/mol. The molecular formula is C15H17F3N6. The quantitative estimate of drug-likeness (QED) is 0.853. The molecule has 6 nitrogen and oxygen atoms in total. The van der Waals surface area contributed by atoms with Gasteiger partial charge in [-0.25, -0.2) is 9.97 Å². The van der Waals surface area contributed by atoms with Crippen LogP contribution in [0.4, 0.5) is 24.9 Å². The van der Waals surface area contributed by atoms with Crippen LogP contribution in [0.3, 0.4) is 0 Å². The summed E-state index contributed by atoms with van der Waals surface area (Å²) in [5.41, 5.74) is -0.934. The maximum Gasteiger partial charge on any atom is 0.433 e. The normalized spacial score (nSPS) is 18.0. The summed E-state index contributed by atoms with van der Waals surface area (Å²) < 4.78 is 38.4. The zero-order valence-electron chi connectivity index (χ0n) is 13.1. The van der Waals surface area contributed by atoms with Crippen molar-refractivity contribution in [2.45, 2.75) is 25.1 Å². The Balaban J connectivity index is 1.73. The van der Waals surface area contributed by atoms with Crippen LogP contribution >= 0.6 is 0 Å². The highest BCUT2D eigenvalue weighted by atomic mass is 19.4. The smallest absolute Gasteiger partial charge is 0.350 e. The van der Waals surface area contributed by atoms with Gasteiger partial charge in [0.15, 0.2) is 5.82 Å². The first-order valence-corrected chi connectivity index (χ1v) is 7.61. The highest BCUT2D eigenvalue weighted by Gasteiger charge is 2.33. The number of anilines is 2. The van der Waals surface area contributed by atoms with E-state index in [9.17, 15) is 13.2 Å². The van der Waals surface area contributed by atoms with Crippen molar-refractivity contribution in [1.82, 2.24) is 20.2 Å². The van der Waals surface area contributed by atoms with Crippen LogP contribution in [0.15, 0.2) is 30.6 Å². The van der Waals surface area contributed by atoms with Crippen LogP contribution in [0, 0.1) is 0 Å². The number of alkyl halides is 3. The molecule has 0 unspecified atom stereocenters. The number of aromatic nitrogens is 4. The van der Waals surface area contributed by atoms with Crippen molar-refractivity contribution < 1.29 is 13.2 Å². The summed E-state index contributed by atoms with van der Waals surface area (Å²) >= 11 is 0. The lowest BCUT2D eigenvalue weighted by Gasteiger charge is -2.29. The van der Waals surface area contributed by atoms with Gasteiger partial charge < -0.3 is 9.80 Å². The fourth-order valence-corrected chi connectivity index (χ4v) is 2.86. The minimum absolute atomic E-state index is 0.0656. The van der Waals surface area contributed by atoms with Crippen LogP contribution in [0.25, 0.3) is 0 Å². The second kappa shape index (κ2) is 6.58. The molecule has 24 heavy (non-hydrogen) atoms. The summed E-state index contributed by atoms with van der Waals surface area (Å²) in [7, 11) is 1.70. The molecule has 1 aliphatic heterocycles. The lowest BCUT2D eigenvalue weighted by molar-refractivity contribution is -0.141. The van der Waals surface area contributed by atoms with Gasteiger partial charge in [-0.05, 0) is 31.0 Å². The molecule has 0 saturated carbocycles. The van der Waals surface area contributed by atoms with Gasteiger partial charge in [-0.1, -0.05) is 0 Å². The SMILES string of the molecule is CN(C[C@@H]1CCCN1c1cccnn1)c1nccc(C(F)(F)F)n1. The van der Waals surface area contributed by atoms with Gasteiger partial charge in [0.1, 0.15) is 5.69 Å². The van der Waals surface area contributed by atoms with E-state index in [0.29, 0.717) is 6.54 Å². The predicted octanol–water partition coefficient (Wildman–Crippen LogP) is 2.39. The third-order valence-electron chi connectivity index (χ3n) is 3.99. The molecule has 0 aromatic carbocycles. The topological polar surface area (TPSA) is 58.0 Å². The van der Waals surface area contributed by atoms with Gasteiger partial charge in [0.05, 0.1) is 0 Å². The Labute approximate surface area is 137 Å². The Morgan fingerprint density at radius 1 is 1.29 bits per heavy atom. The summed E-state index contributed by atoms with van der Waals surface area (Å²) in [5.74, 6) is 0.842. The highest BCUT2D eigenvalue weighted by Crippen LogP contribution is 2.28. The van der Waals surface area contributed by atoms with Crippen molar-refractivity contribution in [3.63, 3.8) is 0 Å². The van der Waals surface area contributed by atoms with E-state index in [1.54, 1.807) is 18.1 Å². The minimum atomic E-state index is -4.47. The van der Waals surface area contributed by atoms with E-state index >= 15 is 0 Å². The maximum atomic E-state index is 12.8. The third-order valence-corrected chi connectivity index (χ3v) is 3.99. The van der Waals surface area contributed by atoms with Gasteiger partial charge in [0, 0.05) is 38.6 Å². The van der Waals surface area contributed by atoms with E-state index in [1.165, 1.54) is 0 Å². The third kappa shape index (κ3) is 3.55. The van der Waals surface area contributed by atoms with E-state index in [2.05, 4.69) is 25.1 Å². The van der Waals surface area contributed by atoms with Crippen molar-refractivity contribution in [2.24, 2.45) is 0 Å². The molecule has 0 amide bonds. The molecule has 3 rings (SSSR count). The van der Waals surface area contributed by atoms with E-state index in [0.717, 1.165) is 37.5 Å². The average Bonchev–Trinajstić information content (AvgIpc) is 3.03. The van der Waals surface area contributed by atoms with Crippen LogP contribution in [0.5, 0.6) is 0 Å². The van der Waals surface area contributed by atoms with Gasteiger partial charge in [-0.2, -0.15) is 18.3 Å². The first kappa shape index (κ1) is 16.4. The standard InChI is InChI=1S/C15H17F3N6/c1-23(14-19-8-6-12(21-14)15(16,17)18)10-11-4-3-9-24(11)13-5-2-7-20-22-13/h2,5-8,11H,3-4,9-10H2,1H3/t11-/m0/s1. The molecule has 2 aromatic rings. The molecule has 0 spiro atoms. The van der Waals surface area contributed by atoms with Gasteiger partial charge in [-0.3, -0.25) is 0 Å². The summed E-state index contributed by atoms with van der Waals surface area (Å²) in [4.78, 5) is 11.4. The van der Waals surface area contributed by atoms with Crippen LogP contribution < -0.4 is 9.80 Å². The number of rotatable bonds is 4. The average molecular weight is 338 g/mol. The first-order valence-electron chi connectivity index (χ1n) is 7.61. The molecule has 128 valence electrons. The van der Waals surface area contributed by atoms with Crippen LogP contribution in [-0.4, -0.2) is 46.3 Å². The highest BCUT2D eigenvalue weighted by molar-refractivity contribution is 5.41. The van der Waals surface area contributed by atoms with Gasteiger partial charge in [0.25, 0.3) is 0 Å². The maximum absolute atomic E-state index is 12.8. The molecule has 0 aliphatic carbocycles. The summed E-state index contributed by atoms with van der Waals surface area (Å²) in [6.45, 7) is 1.36. The van der Waals surface area contributed by atoms with Gasteiger partial charge in [-0.15, -0.1) is 5.10 Å². The zero-order valence-corrected chi connectivity index (χ0v) is 13.1. The van der Waals surface area contributed by atoms with E-state index in [-0.39, 0.29) is 12.0 Å². The largest absolute Gasteiger partial charge is 0.433 e. The second-order valence-corrected chi connectivity index (χ2v) is 5.69. The van der Waals surface area contributed by atoms with Gasteiger partial charge in [0.2, 0.25) is 5.95 Å². The Kier molecular flexibility index (Phi) is 4.50. The Morgan fingerprint density at radius 3 is 2.83 bits per heavy atom. The van der Waals surface area contributed by atoms with Crippen molar-refractivity contribution in [3.8, 4) is 0 Å². The lowest BCUT2D eigenvalue weighted by Crippen LogP contribution is -2.40. The van der Waals surface area contributed by atoms with Crippen molar-refractivity contribution >= 4 is 11.8 Å². The molecular weight excluding hydrogens is 321 g/mol. The lowest BCUT2D eigenvalue weighted by atomic mass is 10.2. The summed E-state index contributed by atoms with van der Waals surface area (Å²) in [5, 5.41) is 8.00. The Hall–Kier alpha value is -2.45. The van der Waals surface area contributed by atoms with Crippen LogP contribution in [0.1, 0.15) is 18.5 Å². The molecule has 9 heteroatoms. The number of likely N-dealkylation sites (N-methyl/N-ethyl adjacent to an activating group) is 1. The summed E-state index contributed by atoms with van der Waals surface area (Å²) in [6, 6.07) is 4.70. The van der Waals surface area contributed by atoms with Crippen LogP contribution in [-0.2, 0) is 6.18 Å². The zero-order chi connectivity index (χ0) is 17.2. The van der Waals surface area contributed by atoms with E-state index < -0.39 is 11.9 Å². The number of halogens is 3. The Morgan fingerprint density at radius 2 is 2.12 bits per heavy atom. The summed E-state index contributed by atoms with van der Waals surface area (Å²) in [6.07, 6.45) is 0.198. The molecule has 1 saturated heterocycles. The fourth-order valence-electron chi connectivity index (χ4n) is 2.86. The van der Waals surface area contributed by atoms with E-state index in [1.807, 2.05) is 12.1 Å². The second-order valence-electron chi connectivity index (χ2n) is 5.69. The van der Waals surface area contributed by atoms with Crippen molar-refractivity contribution in [2.75, 3.05) is 29.9 Å². The molecule has 1 fully saturated rings. The molecule has 0 radical (unpaired) electrons. The fraction of sp³-hybridized carbons (Fsp3) is 0.467. The van der Waals surface area contributed by atoms with E-state index in [4.69, 9.17) is 0 Å².